The zero-order valence-electron chi connectivity index (χ0n) is 15.7. The van der Waals surface area contributed by atoms with Gasteiger partial charge >= 0.3 is 0 Å². The monoisotopic (exact) mass is 361 g/mol. The summed E-state index contributed by atoms with van der Waals surface area (Å²) >= 11 is 0. The third-order valence-electron chi connectivity index (χ3n) is 4.05. The van der Waals surface area contributed by atoms with E-state index in [0.717, 1.165) is 11.4 Å². The highest BCUT2D eigenvalue weighted by molar-refractivity contribution is 5.92. The van der Waals surface area contributed by atoms with Gasteiger partial charge in [0.25, 0.3) is 5.91 Å². The molecule has 6 heteroatoms. The van der Waals surface area contributed by atoms with Gasteiger partial charge in [-0.25, -0.2) is 9.97 Å². The summed E-state index contributed by atoms with van der Waals surface area (Å²) in [5.74, 6) is 0.109. The zero-order chi connectivity index (χ0) is 19.3. The lowest BCUT2D eigenvalue weighted by Gasteiger charge is -2.19. The van der Waals surface area contributed by atoms with Crippen LogP contribution in [0.1, 0.15) is 42.5 Å². The Bertz CT molecular complexity index is 902. The minimum atomic E-state index is -0.269. The molecule has 27 heavy (non-hydrogen) atoms. The lowest BCUT2D eigenvalue weighted by molar-refractivity contribution is 0.0945. The predicted molar refractivity (Wildman–Crippen MR) is 106 cm³/mol. The van der Waals surface area contributed by atoms with E-state index in [1.165, 1.54) is 5.56 Å². The van der Waals surface area contributed by atoms with Gasteiger partial charge in [-0.15, -0.1) is 0 Å². The molecule has 0 saturated heterocycles. The van der Waals surface area contributed by atoms with Crippen LogP contribution in [-0.2, 0) is 12.0 Å². The third kappa shape index (κ3) is 5.10. The highest BCUT2D eigenvalue weighted by Gasteiger charge is 2.13. The van der Waals surface area contributed by atoms with Crippen LogP contribution in [0, 0.1) is 0 Å². The summed E-state index contributed by atoms with van der Waals surface area (Å²) in [5, 5.41) is 5.95. The molecule has 0 saturated carbocycles. The van der Waals surface area contributed by atoms with Crippen molar-refractivity contribution in [2.45, 2.75) is 32.7 Å². The van der Waals surface area contributed by atoms with Crippen LogP contribution in [0.2, 0.25) is 0 Å². The fourth-order valence-electron chi connectivity index (χ4n) is 2.49. The highest BCUT2D eigenvalue weighted by atomic mass is 16.1. The van der Waals surface area contributed by atoms with Crippen molar-refractivity contribution < 1.29 is 4.79 Å². The molecule has 0 fully saturated rings. The van der Waals surface area contributed by atoms with Crippen molar-refractivity contribution in [3.05, 3.63) is 77.9 Å². The Labute approximate surface area is 159 Å². The molecule has 0 aliphatic heterocycles. The quantitative estimate of drug-likeness (QED) is 0.722. The van der Waals surface area contributed by atoms with Crippen molar-refractivity contribution in [2.75, 3.05) is 5.32 Å². The number of hydrogen-bond acceptors (Lipinski definition) is 5. The number of carbonyl (C=O) groups excluding carboxylic acids is 1. The van der Waals surface area contributed by atoms with Gasteiger partial charge in [0.2, 0.25) is 5.95 Å². The van der Waals surface area contributed by atoms with E-state index in [2.05, 4.69) is 58.5 Å². The van der Waals surface area contributed by atoms with E-state index in [4.69, 9.17) is 0 Å². The van der Waals surface area contributed by atoms with Gasteiger partial charge in [-0.3, -0.25) is 9.78 Å². The maximum absolute atomic E-state index is 12.3. The van der Waals surface area contributed by atoms with Gasteiger partial charge in [0, 0.05) is 18.1 Å². The van der Waals surface area contributed by atoms with Crippen LogP contribution in [0.15, 0.2) is 60.9 Å². The largest absolute Gasteiger partial charge is 0.345 e. The first-order valence-corrected chi connectivity index (χ1v) is 8.80. The average molecular weight is 361 g/mol. The summed E-state index contributed by atoms with van der Waals surface area (Å²) in [6, 6.07) is 15.3. The van der Waals surface area contributed by atoms with Crippen LogP contribution in [0.5, 0.6) is 0 Å². The van der Waals surface area contributed by atoms with Gasteiger partial charge < -0.3 is 10.6 Å². The first kappa shape index (κ1) is 18.5. The summed E-state index contributed by atoms with van der Waals surface area (Å²) in [5.41, 5.74) is 3.30. The van der Waals surface area contributed by atoms with Crippen LogP contribution in [-0.4, -0.2) is 20.9 Å². The smallest absolute Gasteiger partial charge is 0.270 e. The Hall–Kier alpha value is -3.28. The molecule has 0 aliphatic carbocycles. The van der Waals surface area contributed by atoms with Gasteiger partial charge in [-0.1, -0.05) is 39.0 Å². The maximum Gasteiger partial charge on any atom is 0.270 e. The van der Waals surface area contributed by atoms with Gasteiger partial charge in [0.05, 0.1) is 12.2 Å². The molecule has 3 rings (SSSR count). The molecule has 1 aromatic carbocycles. The second-order valence-corrected chi connectivity index (χ2v) is 7.22. The number of nitrogens with zero attached hydrogens (tertiary/aromatic N) is 3. The third-order valence-corrected chi connectivity index (χ3v) is 4.05. The van der Waals surface area contributed by atoms with E-state index in [1.54, 1.807) is 18.5 Å². The maximum atomic E-state index is 12.3. The molecule has 138 valence electrons. The van der Waals surface area contributed by atoms with E-state index in [0.29, 0.717) is 18.2 Å². The van der Waals surface area contributed by atoms with E-state index in [9.17, 15) is 4.79 Å². The van der Waals surface area contributed by atoms with Crippen LogP contribution in [0.4, 0.5) is 11.6 Å². The molecule has 0 aliphatic rings. The Kier molecular flexibility index (Phi) is 5.45. The first-order chi connectivity index (χ1) is 12.9. The summed E-state index contributed by atoms with van der Waals surface area (Å²) in [7, 11) is 0. The summed E-state index contributed by atoms with van der Waals surface area (Å²) in [6.07, 6.45) is 3.26. The minimum Gasteiger partial charge on any atom is -0.345 e. The molecule has 2 heterocycles. The standard InChI is InChI=1S/C21H23N5O/c1-21(2,3)15-7-9-16(10-8-15)25-20-23-13-11-18(26-20)19(27)24-14-17-6-4-5-12-22-17/h4-13H,14H2,1-3H3,(H,24,27)(H,23,25,26). The number of anilines is 2. The van der Waals surface area contributed by atoms with Crippen LogP contribution < -0.4 is 10.6 Å². The van der Waals surface area contributed by atoms with E-state index < -0.39 is 0 Å². The molecule has 0 spiro atoms. The number of benzene rings is 1. The van der Waals surface area contributed by atoms with Crippen molar-refractivity contribution in [2.24, 2.45) is 0 Å². The average Bonchev–Trinajstić information content (AvgIpc) is 2.67. The van der Waals surface area contributed by atoms with Crippen LogP contribution in [0.3, 0.4) is 0 Å². The Morgan fingerprint density at radius 1 is 0.963 bits per heavy atom. The second kappa shape index (κ2) is 7.95. The number of amides is 1. The van der Waals surface area contributed by atoms with Crippen molar-refractivity contribution in [1.82, 2.24) is 20.3 Å². The van der Waals surface area contributed by atoms with Crippen molar-refractivity contribution in [1.29, 1.82) is 0 Å². The molecule has 3 aromatic rings. The van der Waals surface area contributed by atoms with Gasteiger partial charge in [0.15, 0.2) is 0 Å². The molecular weight excluding hydrogens is 338 g/mol. The Balaban J connectivity index is 1.65. The van der Waals surface area contributed by atoms with Gasteiger partial charge in [-0.2, -0.15) is 0 Å². The van der Waals surface area contributed by atoms with Crippen molar-refractivity contribution in [3.8, 4) is 0 Å². The summed E-state index contributed by atoms with van der Waals surface area (Å²) < 4.78 is 0. The fourth-order valence-corrected chi connectivity index (χ4v) is 2.49. The predicted octanol–water partition coefficient (Wildman–Crippen LogP) is 3.84. The number of pyridine rings is 1. The molecule has 0 unspecified atom stereocenters. The van der Waals surface area contributed by atoms with E-state index in [-0.39, 0.29) is 11.3 Å². The van der Waals surface area contributed by atoms with Gasteiger partial charge in [-0.05, 0) is 41.3 Å². The van der Waals surface area contributed by atoms with Crippen molar-refractivity contribution in [3.63, 3.8) is 0 Å². The lowest BCUT2D eigenvalue weighted by atomic mass is 9.87. The number of aromatic nitrogens is 3. The number of nitrogens with one attached hydrogen (secondary N) is 2. The van der Waals surface area contributed by atoms with E-state index >= 15 is 0 Å². The molecule has 1 amide bonds. The van der Waals surface area contributed by atoms with Crippen molar-refractivity contribution >= 4 is 17.5 Å². The fraction of sp³-hybridized carbons (Fsp3) is 0.238. The number of hydrogen-bond donors (Lipinski definition) is 2. The molecule has 0 atom stereocenters. The normalized spacial score (nSPS) is 11.1. The lowest BCUT2D eigenvalue weighted by Crippen LogP contribution is -2.24. The van der Waals surface area contributed by atoms with Crippen LogP contribution >= 0.6 is 0 Å². The van der Waals surface area contributed by atoms with Gasteiger partial charge in [0.1, 0.15) is 5.69 Å². The summed E-state index contributed by atoms with van der Waals surface area (Å²) in [4.78, 5) is 25.0. The molecule has 0 bridgehead atoms. The molecule has 0 radical (unpaired) electrons. The SMILES string of the molecule is CC(C)(C)c1ccc(Nc2nccc(C(=O)NCc3ccccn3)n2)cc1. The topological polar surface area (TPSA) is 79.8 Å². The molecule has 2 aromatic heterocycles. The zero-order valence-corrected chi connectivity index (χ0v) is 15.7. The number of rotatable bonds is 5. The Morgan fingerprint density at radius 3 is 2.41 bits per heavy atom. The first-order valence-electron chi connectivity index (χ1n) is 8.80. The Morgan fingerprint density at radius 2 is 1.74 bits per heavy atom. The van der Waals surface area contributed by atoms with E-state index in [1.807, 2.05) is 30.3 Å². The summed E-state index contributed by atoms with van der Waals surface area (Å²) in [6.45, 7) is 6.86. The number of carbonyl (C=O) groups is 1. The molecule has 2 N–H and O–H groups in total. The molecule has 6 nitrogen and oxygen atoms in total. The molecular formula is C21H23N5O. The minimum absolute atomic E-state index is 0.0979. The second-order valence-electron chi connectivity index (χ2n) is 7.22. The highest BCUT2D eigenvalue weighted by Crippen LogP contribution is 2.24. The van der Waals surface area contributed by atoms with Crippen LogP contribution in [0.25, 0.3) is 0 Å².